The number of carbonyl (C=O) groups is 1. The van der Waals surface area contributed by atoms with Gasteiger partial charge >= 0.3 is 0 Å². The highest BCUT2D eigenvalue weighted by Gasteiger charge is 2.13. The maximum atomic E-state index is 11.7. The number of nitrogens with one attached hydrogen (secondary N) is 1. The van der Waals surface area contributed by atoms with Crippen LogP contribution in [0.4, 0.5) is 0 Å². The maximum absolute atomic E-state index is 11.7. The number of carbonyl (C=O) groups excluding carboxylic acids is 1. The van der Waals surface area contributed by atoms with Crippen LogP contribution in [0.2, 0.25) is 0 Å². The Hall–Kier alpha value is -1.27. The van der Waals surface area contributed by atoms with Crippen LogP contribution < -0.4 is 5.32 Å². The predicted octanol–water partition coefficient (Wildman–Crippen LogP) is 1.42. The van der Waals surface area contributed by atoms with Gasteiger partial charge in [0.25, 0.3) is 5.91 Å². The van der Waals surface area contributed by atoms with Crippen molar-refractivity contribution in [2.75, 3.05) is 19.8 Å². The zero-order valence-corrected chi connectivity index (χ0v) is 11.0. The molecule has 0 aliphatic carbocycles. The number of amides is 1. The van der Waals surface area contributed by atoms with Crippen LogP contribution in [-0.2, 0) is 11.2 Å². The molecule has 5 nitrogen and oxygen atoms in total. The van der Waals surface area contributed by atoms with E-state index in [9.17, 15) is 4.79 Å². The predicted molar refractivity (Wildman–Crippen MR) is 67.3 cm³/mol. The molecule has 1 aromatic rings. The molecule has 6 heteroatoms. The molecule has 94 valence electrons. The van der Waals surface area contributed by atoms with Gasteiger partial charge in [-0.1, -0.05) is 23.6 Å². The van der Waals surface area contributed by atoms with Gasteiger partial charge in [-0.3, -0.25) is 4.79 Å². The molecule has 0 unspecified atom stereocenters. The molecule has 0 saturated heterocycles. The average molecular weight is 255 g/mol. The van der Waals surface area contributed by atoms with Crippen LogP contribution in [0, 0.1) is 0 Å². The second kappa shape index (κ2) is 7.13. The van der Waals surface area contributed by atoms with Crippen molar-refractivity contribution in [3.63, 3.8) is 0 Å². The van der Waals surface area contributed by atoms with Crippen LogP contribution >= 0.6 is 11.5 Å². The Bertz CT molecular complexity index is 390. The second-order valence-electron chi connectivity index (χ2n) is 3.67. The first kappa shape index (κ1) is 13.8. The van der Waals surface area contributed by atoms with Crippen LogP contribution in [0.3, 0.4) is 0 Å². The Labute approximate surface area is 105 Å². The first-order valence-corrected chi connectivity index (χ1v) is 6.24. The lowest BCUT2D eigenvalue weighted by molar-refractivity contribution is 0.0929. The normalized spacial score (nSPS) is 10.2. The lowest BCUT2D eigenvalue weighted by atomic mass is 10.3. The molecule has 0 aromatic carbocycles. The molecule has 0 saturated carbocycles. The molecule has 1 N–H and O–H groups in total. The number of ether oxygens (including phenoxy) is 1. The SMILES string of the molecule is C=C(C)COCCNC(=O)c1snnc1CC. The van der Waals surface area contributed by atoms with Gasteiger partial charge in [0.15, 0.2) is 0 Å². The average Bonchev–Trinajstić information content (AvgIpc) is 2.75. The van der Waals surface area contributed by atoms with E-state index in [1.54, 1.807) is 0 Å². The monoisotopic (exact) mass is 255 g/mol. The number of hydrogen-bond acceptors (Lipinski definition) is 5. The van der Waals surface area contributed by atoms with Crippen molar-refractivity contribution < 1.29 is 9.53 Å². The summed E-state index contributed by atoms with van der Waals surface area (Å²) >= 11 is 1.12. The van der Waals surface area contributed by atoms with Crippen LogP contribution in [-0.4, -0.2) is 35.3 Å². The zero-order valence-electron chi connectivity index (χ0n) is 10.2. The molecule has 0 fully saturated rings. The number of nitrogens with zero attached hydrogens (tertiary/aromatic N) is 2. The van der Waals surface area contributed by atoms with E-state index in [0.717, 1.165) is 22.8 Å². The quantitative estimate of drug-likeness (QED) is 0.591. The van der Waals surface area contributed by atoms with Crippen molar-refractivity contribution in [3.05, 3.63) is 22.7 Å². The third kappa shape index (κ3) is 4.62. The van der Waals surface area contributed by atoms with E-state index < -0.39 is 0 Å². The Morgan fingerprint density at radius 2 is 2.35 bits per heavy atom. The molecular weight excluding hydrogens is 238 g/mol. The van der Waals surface area contributed by atoms with Crippen molar-refractivity contribution in [1.82, 2.24) is 14.9 Å². The summed E-state index contributed by atoms with van der Waals surface area (Å²) in [5.41, 5.74) is 1.71. The lowest BCUT2D eigenvalue weighted by Crippen LogP contribution is -2.27. The number of aryl methyl sites for hydroxylation is 1. The smallest absolute Gasteiger partial charge is 0.265 e. The summed E-state index contributed by atoms with van der Waals surface area (Å²) in [6, 6.07) is 0. The van der Waals surface area contributed by atoms with Crippen LogP contribution in [0.25, 0.3) is 0 Å². The maximum Gasteiger partial charge on any atom is 0.265 e. The van der Waals surface area contributed by atoms with Gasteiger partial charge in [-0.2, -0.15) is 0 Å². The van der Waals surface area contributed by atoms with Gasteiger partial charge in [-0.25, -0.2) is 0 Å². The van der Waals surface area contributed by atoms with Crippen molar-refractivity contribution in [3.8, 4) is 0 Å². The van der Waals surface area contributed by atoms with Crippen molar-refractivity contribution in [2.45, 2.75) is 20.3 Å². The molecule has 17 heavy (non-hydrogen) atoms. The van der Waals surface area contributed by atoms with E-state index in [0.29, 0.717) is 31.1 Å². The minimum absolute atomic E-state index is 0.129. The van der Waals surface area contributed by atoms with Crippen LogP contribution in [0.1, 0.15) is 29.2 Å². The topological polar surface area (TPSA) is 64.1 Å². The van der Waals surface area contributed by atoms with Crippen molar-refractivity contribution in [1.29, 1.82) is 0 Å². The first-order valence-electron chi connectivity index (χ1n) is 5.46. The number of aromatic nitrogens is 2. The number of hydrogen-bond donors (Lipinski definition) is 1. The summed E-state index contributed by atoms with van der Waals surface area (Å²) in [4.78, 5) is 12.3. The van der Waals surface area contributed by atoms with Crippen molar-refractivity contribution >= 4 is 17.4 Å². The summed E-state index contributed by atoms with van der Waals surface area (Å²) in [5, 5.41) is 6.66. The minimum atomic E-state index is -0.129. The van der Waals surface area contributed by atoms with Crippen LogP contribution in [0.15, 0.2) is 12.2 Å². The Morgan fingerprint density at radius 3 is 3.00 bits per heavy atom. The van der Waals surface area contributed by atoms with E-state index in [4.69, 9.17) is 4.74 Å². The van der Waals surface area contributed by atoms with Gasteiger partial charge in [0.2, 0.25) is 0 Å². The molecule has 0 aliphatic rings. The van der Waals surface area contributed by atoms with E-state index in [1.165, 1.54) is 0 Å². The van der Waals surface area contributed by atoms with Gasteiger partial charge in [0.05, 0.1) is 18.9 Å². The fourth-order valence-electron chi connectivity index (χ4n) is 1.18. The molecule has 0 spiro atoms. The molecule has 0 bridgehead atoms. The highest BCUT2D eigenvalue weighted by molar-refractivity contribution is 7.08. The Balaban J connectivity index is 2.28. The largest absolute Gasteiger partial charge is 0.375 e. The third-order valence-electron chi connectivity index (χ3n) is 1.98. The standard InChI is InChI=1S/C11H17N3O2S/c1-4-9-10(17-14-13-9)11(15)12-5-6-16-7-8(2)3/h2,4-7H2,1,3H3,(H,12,15). The van der Waals surface area contributed by atoms with E-state index in [2.05, 4.69) is 21.5 Å². The van der Waals surface area contributed by atoms with E-state index in [1.807, 2.05) is 13.8 Å². The summed E-state index contributed by atoms with van der Waals surface area (Å²) in [6.45, 7) is 9.05. The molecule has 1 heterocycles. The molecule has 1 aromatic heterocycles. The molecule has 1 rings (SSSR count). The fraction of sp³-hybridized carbons (Fsp3) is 0.545. The van der Waals surface area contributed by atoms with Gasteiger partial charge in [0, 0.05) is 6.54 Å². The Kier molecular flexibility index (Phi) is 5.79. The van der Waals surface area contributed by atoms with Gasteiger partial charge in [0.1, 0.15) is 4.88 Å². The fourth-order valence-corrected chi connectivity index (χ4v) is 1.84. The first-order chi connectivity index (χ1) is 8.15. The molecule has 1 amide bonds. The van der Waals surface area contributed by atoms with Gasteiger partial charge < -0.3 is 10.1 Å². The molecule has 0 atom stereocenters. The highest BCUT2D eigenvalue weighted by atomic mass is 32.1. The van der Waals surface area contributed by atoms with Crippen molar-refractivity contribution in [2.24, 2.45) is 0 Å². The summed E-state index contributed by atoms with van der Waals surface area (Å²) in [7, 11) is 0. The Morgan fingerprint density at radius 1 is 1.59 bits per heavy atom. The molecule has 0 aliphatic heterocycles. The zero-order chi connectivity index (χ0) is 12.7. The second-order valence-corrected chi connectivity index (χ2v) is 4.42. The van der Waals surface area contributed by atoms with Crippen LogP contribution in [0.5, 0.6) is 0 Å². The molecule has 0 radical (unpaired) electrons. The van der Waals surface area contributed by atoms with E-state index in [-0.39, 0.29) is 5.91 Å². The summed E-state index contributed by atoms with van der Waals surface area (Å²) in [6.07, 6.45) is 0.714. The van der Waals surface area contributed by atoms with Gasteiger partial charge in [-0.05, 0) is 24.9 Å². The third-order valence-corrected chi connectivity index (χ3v) is 2.74. The van der Waals surface area contributed by atoms with Gasteiger partial charge in [-0.15, -0.1) is 5.10 Å². The minimum Gasteiger partial charge on any atom is -0.375 e. The highest BCUT2D eigenvalue weighted by Crippen LogP contribution is 2.10. The number of rotatable bonds is 7. The van der Waals surface area contributed by atoms with E-state index >= 15 is 0 Å². The lowest BCUT2D eigenvalue weighted by Gasteiger charge is -2.05. The summed E-state index contributed by atoms with van der Waals surface area (Å²) < 4.78 is 9.05. The summed E-state index contributed by atoms with van der Waals surface area (Å²) in [5.74, 6) is -0.129. The molecular formula is C11H17N3O2S.